The first-order valence-corrected chi connectivity index (χ1v) is 7.52. The van der Waals surface area contributed by atoms with Gasteiger partial charge in [0.25, 0.3) is 0 Å². The second-order valence-electron chi connectivity index (χ2n) is 4.46. The number of halogens is 1. The van der Waals surface area contributed by atoms with E-state index in [9.17, 15) is 9.18 Å². The molecule has 1 aromatic heterocycles. The third-order valence-corrected chi connectivity index (χ3v) is 4.07. The molecule has 112 valence electrons. The van der Waals surface area contributed by atoms with Crippen LogP contribution in [0.4, 0.5) is 4.39 Å². The van der Waals surface area contributed by atoms with Crippen molar-refractivity contribution in [1.29, 1.82) is 0 Å². The number of thioether (sulfide) groups is 1. The van der Waals surface area contributed by atoms with Crippen molar-refractivity contribution in [2.24, 2.45) is 0 Å². The Kier molecular flexibility index (Phi) is 5.32. The molecule has 0 spiro atoms. The van der Waals surface area contributed by atoms with E-state index in [1.54, 1.807) is 24.9 Å². The van der Waals surface area contributed by atoms with Gasteiger partial charge in [0.05, 0.1) is 12.2 Å². The number of benzene rings is 1. The molecule has 0 radical (unpaired) electrons. The largest absolute Gasteiger partial charge is 0.359 e. The lowest BCUT2D eigenvalue weighted by Gasteiger charge is -2.09. The lowest BCUT2D eigenvalue weighted by molar-refractivity contribution is -0.120. The quantitative estimate of drug-likeness (QED) is 0.888. The third-order valence-electron chi connectivity index (χ3n) is 2.88. The van der Waals surface area contributed by atoms with Gasteiger partial charge >= 0.3 is 0 Å². The Morgan fingerprint density at radius 3 is 3.05 bits per heavy atom. The van der Waals surface area contributed by atoms with Crippen LogP contribution in [-0.2, 0) is 17.0 Å². The molecule has 1 heterocycles. The van der Waals surface area contributed by atoms with Crippen LogP contribution in [0.2, 0.25) is 0 Å². The van der Waals surface area contributed by atoms with E-state index in [0.717, 1.165) is 5.56 Å². The minimum absolute atomic E-state index is 0.101. The molecule has 0 aliphatic heterocycles. The number of rotatable bonds is 6. The normalized spacial score (nSPS) is 12.1. The zero-order valence-electron chi connectivity index (χ0n) is 11.8. The topological polar surface area (TPSA) is 68.0 Å². The molecule has 0 aliphatic rings. The Hall–Kier alpha value is -1.89. The number of likely N-dealkylation sites (N-methyl/N-ethyl adjacent to an activating group) is 1. The van der Waals surface area contributed by atoms with Crippen molar-refractivity contribution in [2.75, 3.05) is 7.05 Å². The maximum absolute atomic E-state index is 13.2. The maximum Gasteiger partial charge on any atom is 0.236 e. The van der Waals surface area contributed by atoms with Crippen LogP contribution >= 0.6 is 11.8 Å². The zero-order valence-corrected chi connectivity index (χ0v) is 12.6. The van der Waals surface area contributed by atoms with E-state index in [-0.39, 0.29) is 23.4 Å². The highest BCUT2D eigenvalue weighted by Crippen LogP contribution is 2.30. The number of carbonyl (C=O) groups excluding carboxylic acids is 1. The fourth-order valence-corrected chi connectivity index (χ4v) is 2.55. The monoisotopic (exact) mass is 309 g/mol. The smallest absolute Gasteiger partial charge is 0.236 e. The lowest BCUT2D eigenvalue weighted by Crippen LogP contribution is -2.20. The van der Waals surface area contributed by atoms with Gasteiger partial charge in [0, 0.05) is 12.3 Å². The van der Waals surface area contributed by atoms with Gasteiger partial charge in [0.2, 0.25) is 11.8 Å². The van der Waals surface area contributed by atoms with E-state index in [2.05, 4.69) is 15.5 Å². The Bertz CT molecular complexity index is 618. The molecule has 2 aromatic rings. The molecule has 1 atom stereocenters. The van der Waals surface area contributed by atoms with Gasteiger partial charge in [-0.05, 0) is 24.6 Å². The van der Waals surface area contributed by atoms with Crippen molar-refractivity contribution in [2.45, 2.75) is 24.3 Å². The van der Waals surface area contributed by atoms with Gasteiger partial charge in [0.1, 0.15) is 5.82 Å². The summed E-state index contributed by atoms with van der Waals surface area (Å²) in [5, 5.41) is 6.35. The van der Waals surface area contributed by atoms with Gasteiger partial charge in [-0.2, -0.15) is 4.98 Å². The third kappa shape index (κ3) is 4.56. The first-order chi connectivity index (χ1) is 10.1. The second-order valence-corrected chi connectivity index (χ2v) is 5.79. The predicted octanol–water partition coefficient (Wildman–Crippen LogP) is 2.49. The molecule has 0 aliphatic carbocycles. The second kappa shape index (κ2) is 7.21. The molecular weight excluding hydrogens is 293 g/mol. The molecule has 0 bridgehead atoms. The van der Waals surface area contributed by atoms with Crippen molar-refractivity contribution < 1.29 is 13.7 Å². The summed E-state index contributed by atoms with van der Waals surface area (Å²) in [7, 11) is 1.56. The summed E-state index contributed by atoms with van der Waals surface area (Å²) in [5.41, 5.74) is 0.907. The molecule has 0 fully saturated rings. The fraction of sp³-hybridized carbons (Fsp3) is 0.357. The summed E-state index contributed by atoms with van der Waals surface area (Å²) in [6, 6.07) is 6.51. The minimum atomic E-state index is -0.245. The minimum Gasteiger partial charge on any atom is -0.359 e. The van der Waals surface area contributed by atoms with Crippen molar-refractivity contribution >= 4 is 17.7 Å². The lowest BCUT2D eigenvalue weighted by atomic mass is 10.2. The number of amides is 1. The van der Waals surface area contributed by atoms with Crippen molar-refractivity contribution in [3.8, 4) is 0 Å². The molecule has 0 saturated carbocycles. The van der Waals surface area contributed by atoms with Crippen LogP contribution in [0.3, 0.4) is 0 Å². The average Bonchev–Trinajstić information content (AvgIpc) is 2.92. The summed E-state index contributed by atoms with van der Waals surface area (Å²) in [5.74, 6) is 0.928. The van der Waals surface area contributed by atoms with E-state index in [1.807, 2.05) is 13.0 Å². The van der Waals surface area contributed by atoms with Crippen LogP contribution < -0.4 is 5.32 Å². The van der Waals surface area contributed by atoms with Crippen LogP contribution in [-0.4, -0.2) is 23.1 Å². The number of hydrogen-bond acceptors (Lipinski definition) is 5. The van der Waals surface area contributed by atoms with Crippen LogP contribution in [0.1, 0.15) is 29.5 Å². The van der Waals surface area contributed by atoms with Crippen molar-refractivity contribution in [3.63, 3.8) is 0 Å². The van der Waals surface area contributed by atoms with Gasteiger partial charge in [-0.1, -0.05) is 17.3 Å². The van der Waals surface area contributed by atoms with Gasteiger partial charge in [-0.3, -0.25) is 4.79 Å². The summed E-state index contributed by atoms with van der Waals surface area (Å²) >= 11 is 1.57. The molecule has 0 unspecified atom stereocenters. The number of nitrogens with one attached hydrogen (secondary N) is 1. The van der Waals surface area contributed by atoms with Crippen molar-refractivity contribution in [3.05, 3.63) is 47.4 Å². The van der Waals surface area contributed by atoms with Gasteiger partial charge in [-0.15, -0.1) is 11.8 Å². The first-order valence-electron chi connectivity index (χ1n) is 6.47. The Morgan fingerprint density at radius 1 is 1.52 bits per heavy atom. The molecule has 7 heteroatoms. The van der Waals surface area contributed by atoms with Crippen molar-refractivity contribution in [1.82, 2.24) is 15.5 Å². The molecule has 0 saturated heterocycles. The molecule has 1 N–H and O–H groups in total. The van der Waals surface area contributed by atoms with E-state index < -0.39 is 0 Å². The summed E-state index contributed by atoms with van der Waals surface area (Å²) in [4.78, 5) is 15.3. The number of carbonyl (C=O) groups is 1. The molecule has 5 nitrogen and oxygen atoms in total. The highest BCUT2D eigenvalue weighted by Gasteiger charge is 2.12. The molecule has 2 rings (SSSR count). The molecule has 1 aromatic carbocycles. The first kappa shape index (κ1) is 15.5. The molecule has 1 amide bonds. The van der Waals surface area contributed by atoms with Gasteiger partial charge in [-0.25, -0.2) is 4.39 Å². The standard InChI is InChI=1S/C14H16FN3O2S/c1-9(10-4-3-5-11(15)6-10)21-8-14-17-12(18-20-14)7-13(19)16-2/h3-6,9H,7-8H2,1-2H3,(H,16,19)/t9-/m1/s1. The number of hydrogen-bond donors (Lipinski definition) is 1. The van der Waals surface area contributed by atoms with E-state index >= 15 is 0 Å². The summed E-state index contributed by atoms with van der Waals surface area (Å²) in [6.45, 7) is 1.99. The SMILES string of the molecule is CNC(=O)Cc1noc(CS[C@H](C)c2cccc(F)c2)n1. The van der Waals surface area contributed by atoms with Crippen LogP contribution in [0.5, 0.6) is 0 Å². The summed E-state index contributed by atoms with van der Waals surface area (Å²) in [6.07, 6.45) is 0.101. The van der Waals surface area contributed by atoms with Crippen LogP contribution in [0, 0.1) is 5.82 Å². The van der Waals surface area contributed by atoms with Gasteiger partial charge < -0.3 is 9.84 Å². The van der Waals surface area contributed by atoms with E-state index in [1.165, 1.54) is 12.1 Å². The van der Waals surface area contributed by atoms with Crippen LogP contribution in [0.15, 0.2) is 28.8 Å². The molecular formula is C14H16FN3O2S. The van der Waals surface area contributed by atoms with E-state index in [4.69, 9.17) is 4.52 Å². The highest BCUT2D eigenvalue weighted by molar-refractivity contribution is 7.98. The average molecular weight is 309 g/mol. The Morgan fingerprint density at radius 2 is 2.33 bits per heavy atom. The summed E-state index contributed by atoms with van der Waals surface area (Å²) < 4.78 is 18.2. The number of nitrogens with zero attached hydrogens (tertiary/aromatic N) is 2. The molecule has 21 heavy (non-hydrogen) atoms. The predicted molar refractivity (Wildman–Crippen MR) is 78.2 cm³/mol. The fourth-order valence-electron chi connectivity index (χ4n) is 1.70. The number of aromatic nitrogens is 2. The Labute approximate surface area is 126 Å². The maximum atomic E-state index is 13.2. The highest BCUT2D eigenvalue weighted by atomic mass is 32.2. The van der Waals surface area contributed by atoms with E-state index in [0.29, 0.717) is 17.5 Å². The Balaban J connectivity index is 1.89. The zero-order chi connectivity index (χ0) is 15.2. The van der Waals surface area contributed by atoms with Crippen LogP contribution in [0.25, 0.3) is 0 Å². The van der Waals surface area contributed by atoms with Gasteiger partial charge in [0.15, 0.2) is 5.82 Å².